The zero-order valence-corrected chi connectivity index (χ0v) is 11.8. The first-order valence-electron chi connectivity index (χ1n) is 5.77. The van der Waals surface area contributed by atoms with Crippen LogP contribution in [-0.2, 0) is 4.79 Å². The largest absolute Gasteiger partial charge is 0.481 e. The van der Waals surface area contributed by atoms with E-state index in [4.69, 9.17) is 5.11 Å². The molecule has 1 aromatic heterocycles. The second-order valence-corrected chi connectivity index (χ2v) is 6.41. The van der Waals surface area contributed by atoms with Crippen LogP contribution < -0.4 is 5.32 Å². The Labute approximate surface area is 114 Å². The molecule has 2 heterocycles. The Hall–Kier alpha value is -0.860. The van der Waals surface area contributed by atoms with Gasteiger partial charge in [0.1, 0.15) is 0 Å². The molecule has 8 heteroatoms. The van der Waals surface area contributed by atoms with Crippen LogP contribution in [-0.4, -0.2) is 58.1 Å². The van der Waals surface area contributed by atoms with Crippen molar-refractivity contribution >= 4 is 34.2 Å². The predicted molar refractivity (Wildman–Crippen MR) is 72.4 cm³/mol. The monoisotopic (exact) mass is 288 g/mol. The lowest BCUT2D eigenvalue weighted by Crippen LogP contribution is -2.31. The highest BCUT2D eigenvalue weighted by atomic mass is 32.2. The number of likely N-dealkylation sites (tertiary alicyclic amines) is 1. The van der Waals surface area contributed by atoms with Crippen molar-refractivity contribution in [2.75, 3.05) is 31.2 Å². The van der Waals surface area contributed by atoms with Crippen molar-refractivity contribution in [1.82, 2.24) is 15.1 Å². The lowest BCUT2D eigenvalue weighted by Gasteiger charge is -2.18. The second-order valence-electron chi connectivity index (χ2n) is 4.21. The minimum Gasteiger partial charge on any atom is -0.481 e. The van der Waals surface area contributed by atoms with Gasteiger partial charge < -0.3 is 15.3 Å². The van der Waals surface area contributed by atoms with Crippen molar-refractivity contribution in [3.8, 4) is 0 Å². The van der Waals surface area contributed by atoms with E-state index in [9.17, 15) is 4.79 Å². The number of aromatic nitrogens is 2. The Morgan fingerprint density at radius 3 is 3.17 bits per heavy atom. The van der Waals surface area contributed by atoms with Gasteiger partial charge in [-0.15, -0.1) is 10.2 Å². The van der Waals surface area contributed by atoms with E-state index < -0.39 is 5.97 Å². The molecule has 100 valence electrons. The van der Waals surface area contributed by atoms with Crippen LogP contribution in [0.5, 0.6) is 0 Å². The van der Waals surface area contributed by atoms with Crippen LogP contribution in [0.1, 0.15) is 12.8 Å². The van der Waals surface area contributed by atoms with Gasteiger partial charge in [-0.1, -0.05) is 23.1 Å². The number of hydrogen-bond acceptors (Lipinski definition) is 7. The van der Waals surface area contributed by atoms with E-state index in [1.54, 1.807) is 0 Å². The van der Waals surface area contributed by atoms with Crippen LogP contribution in [0.25, 0.3) is 0 Å². The fourth-order valence-electron chi connectivity index (χ4n) is 1.91. The lowest BCUT2D eigenvalue weighted by atomic mass is 10.2. The van der Waals surface area contributed by atoms with Gasteiger partial charge in [0.25, 0.3) is 0 Å². The van der Waals surface area contributed by atoms with Crippen LogP contribution in [0.15, 0.2) is 4.34 Å². The molecule has 1 aliphatic heterocycles. The van der Waals surface area contributed by atoms with Crippen LogP contribution in [0.4, 0.5) is 5.13 Å². The van der Waals surface area contributed by atoms with E-state index in [2.05, 4.69) is 27.5 Å². The number of nitrogens with zero attached hydrogens (tertiary/aromatic N) is 3. The Morgan fingerprint density at radius 1 is 1.67 bits per heavy atom. The van der Waals surface area contributed by atoms with Crippen LogP contribution >= 0.6 is 23.1 Å². The summed E-state index contributed by atoms with van der Waals surface area (Å²) in [6.45, 7) is 2.02. The summed E-state index contributed by atoms with van der Waals surface area (Å²) in [7, 11) is 2.13. The highest BCUT2D eigenvalue weighted by molar-refractivity contribution is 8.01. The summed E-state index contributed by atoms with van der Waals surface area (Å²) in [4.78, 5) is 12.8. The molecule has 18 heavy (non-hydrogen) atoms. The number of nitrogens with one attached hydrogen (secondary N) is 1. The zero-order chi connectivity index (χ0) is 13.0. The van der Waals surface area contributed by atoms with Crippen LogP contribution in [0.2, 0.25) is 0 Å². The first-order valence-corrected chi connectivity index (χ1v) is 7.57. The number of hydrogen-bond donors (Lipinski definition) is 2. The highest BCUT2D eigenvalue weighted by Gasteiger charge is 2.20. The van der Waals surface area contributed by atoms with Crippen molar-refractivity contribution in [3.63, 3.8) is 0 Å². The molecule has 0 aliphatic carbocycles. The molecule has 1 fully saturated rings. The van der Waals surface area contributed by atoms with E-state index in [0.717, 1.165) is 18.2 Å². The van der Waals surface area contributed by atoms with Gasteiger partial charge in [-0.2, -0.15) is 0 Å². The summed E-state index contributed by atoms with van der Waals surface area (Å²) >= 11 is 2.61. The first kappa shape index (κ1) is 13.6. The number of anilines is 1. The van der Waals surface area contributed by atoms with E-state index in [1.807, 2.05) is 0 Å². The summed E-state index contributed by atoms with van der Waals surface area (Å²) < 4.78 is 0.694. The Bertz CT molecular complexity index is 412. The van der Waals surface area contributed by atoms with E-state index in [1.165, 1.54) is 35.9 Å². The van der Waals surface area contributed by atoms with Crippen LogP contribution in [0.3, 0.4) is 0 Å². The zero-order valence-electron chi connectivity index (χ0n) is 10.1. The van der Waals surface area contributed by atoms with Gasteiger partial charge in [0.2, 0.25) is 5.13 Å². The highest BCUT2D eigenvalue weighted by Crippen LogP contribution is 2.25. The van der Waals surface area contributed by atoms with Crippen molar-refractivity contribution in [3.05, 3.63) is 0 Å². The second kappa shape index (κ2) is 6.35. The fourth-order valence-corrected chi connectivity index (χ4v) is 3.38. The average molecular weight is 288 g/mol. The molecule has 6 nitrogen and oxygen atoms in total. The Kier molecular flexibility index (Phi) is 4.79. The molecule has 1 atom stereocenters. The van der Waals surface area contributed by atoms with E-state index >= 15 is 0 Å². The molecule has 0 amide bonds. The maximum Gasteiger partial charge on any atom is 0.313 e. The quantitative estimate of drug-likeness (QED) is 0.762. The average Bonchev–Trinajstić information content (AvgIpc) is 2.93. The van der Waals surface area contributed by atoms with Crippen molar-refractivity contribution in [1.29, 1.82) is 0 Å². The van der Waals surface area contributed by atoms with Gasteiger partial charge in [0.05, 0.1) is 5.75 Å². The van der Waals surface area contributed by atoms with Gasteiger partial charge in [-0.05, 0) is 26.4 Å². The van der Waals surface area contributed by atoms with E-state index in [0.29, 0.717) is 10.4 Å². The smallest absolute Gasteiger partial charge is 0.313 e. The standard InChI is InChI=1S/C10H16N4O2S2/c1-14-4-2-3-7(14)5-11-9-12-13-10(18-9)17-6-8(15)16/h7H,2-6H2,1H3,(H,11,12)(H,15,16). The number of carbonyl (C=O) groups is 1. The predicted octanol–water partition coefficient (Wildman–Crippen LogP) is 1.22. The SMILES string of the molecule is CN1CCCC1CNc1nnc(SCC(=O)O)s1. The molecule has 0 bridgehead atoms. The van der Waals surface area contributed by atoms with Crippen LogP contribution in [0, 0.1) is 0 Å². The number of carboxylic acids is 1. The topological polar surface area (TPSA) is 78.3 Å². The normalized spacial score (nSPS) is 20.2. The molecule has 1 saturated heterocycles. The molecule has 1 unspecified atom stereocenters. The maximum absolute atomic E-state index is 10.4. The van der Waals surface area contributed by atoms with Crippen molar-refractivity contribution < 1.29 is 9.90 Å². The molecule has 1 aliphatic rings. The molecule has 0 saturated carbocycles. The third-order valence-electron chi connectivity index (χ3n) is 2.89. The molecule has 0 spiro atoms. The van der Waals surface area contributed by atoms with Gasteiger partial charge in [-0.25, -0.2) is 0 Å². The van der Waals surface area contributed by atoms with Gasteiger partial charge in [0.15, 0.2) is 4.34 Å². The number of carboxylic acid groups (broad SMARTS) is 1. The van der Waals surface area contributed by atoms with Gasteiger partial charge in [-0.3, -0.25) is 4.79 Å². The number of rotatable bonds is 6. The summed E-state index contributed by atoms with van der Waals surface area (Å²) in [5.41, 5.74) is 0. The van der Waals surface area contributed by atoms with Gasteiger partial charge >= 0.3 is 5.97 Å². The Balaban J connectivity index is 1.77. The molecule has 0 aromatic carbocycles. The minimum atomic E-state index is -0.836. The number of aliphatic carboxylic acids is 1. The fraction of sp³-hybridized carbons (Fsp3) is 0.700. The molecule has 2 rings (SSSR count). The molecule has 2 N–H and O–H groups in total. The minimum absolute atomic E-state index is 0.0278. The summed E-state index contributed by atoms with van der Waals surface area (Å²) in [6, 6.07) is 0.559. The molecular formula is C10H16N4O2S2. The third kappa shape index (κ3) is 3.82. The molecule has 1 aromatic rings. The lowest BCUT2D eigenvalue weighted by molar-refractivity contribution is -0.133. The summed E-state index contributed by atoms with van der Waals surface area (Å²) in [5.74, 6) is -0.808. The number of thioether (sulfide) groups is 1. The first-order chi connectivity index (χ1) is 8.65. The van der Waals surface area contributed by atoms with E-state index in [-0.39, 0.29) is 5.75 Å². The molecule has 0 radical (unpaired) electrons. The number of likely N-dealkylation sites (N-methyl/N-ethyl adjacent to an activating group) is 1. The van der Waals surface area contributed by atoms with Gasteiger partial charge in [0, 0.05) is 12.6 Å². The third-order valence-corrected chi connectivity index (χ3v) is 4.89. The summed E-state index contributed by atoms with van der Waals surface area (Å²) in [5, 5.41) is 20.6. The maximum atomic E-state index is 10.4. The van der Waals surface area contributed by atoms with Crippen molar-refractivity contribution in [2.45, 2.75) is 23.2 Å². The summed E-state index contributed by atoms with van der Waals surface area (Å²) in [6.07, 6.45) is 2.46. The molecular weight excluding hydrogens is 272 g/mol. The van der Waals surface area contributed by atoms with Crippen molar-refractivity contribution in [2.24, 2.45) is 0 Å². The Morgan fingerprint density at radius 2 is 2.50 bits per heavy atom.